The highest BCUT2D eigenvalue weighted by Gasteiger charge is 2.37. The average molecular weight is 190 g/mol. The summed E-state index contributed by atoms with van der Waals surface area (Å²) in [7, 11) is 0. The van der Waals surface area contributed by atoms with Crippen LogP contribution in [0.2, 0.25) is 0 Å². The summed E-state index contributed by atoms with van der Waals surface area (Å²) in [5.74, 6) is 0.677. The molecule has 4 heteroatoms. The second-order valence-corrected chi connectivity index (χ2v) is 3.90. The van der Waals surface area contributed by atoms with Crippen molar-refractivity contribution in [3.8, 4) is 0 Å². The number of carbonyl (C=O) groups is 1. The molecule has 3 fully saturated rings. The maximum Gasteiger partial charge on any atom is 0.404 e. The molecule has 1 aliphatic carbocycles. The van der Waals surface area contributed by atoms with Crippen LogP contribution in [0.4, 0.5) is 4.79 Å². The van der Waals surface area contributed by atoms with E-state index in [4.69, 9.17) is 16.3 Å². The molecule has 1 N–H and O–H groups in total. The predicted molar refractivity (Wildman–Crippen MR) is 45.3 cm³/mol. The summed E-state index contributed by atoms with van der Waals surface area (Å²) < 4.78 is 4.99. The van der Waals surface area contributed by atoms with Crippen molar-refractivity contribution in [2.24, 2.45) is 5.92 Å². The van der Waals surface area contributed by atoms with E-state index in [0.717, 1.165) is 19.4 Å². The summed E-state index contributed by atoms with van der Waals surface area (Å²) in [5.41, 5.74) is -0.672. The first-order valence-corrected chi connectivity index (χ1v) is 4.73. The molecule has 3 rings (SSSR count). The summed E-state index contributed by atoms with van der Waals surface area (Å²) in [6, 6.07) is 0.345. The summed E-state index contributed by atoms with van der Waals surface area (Å²) >= 11 is 5.16. The van der Waals surface area contributed by atoms with Gasteiger partial charge < -0.3 is 10.1 Å². The Morgan fingerprint density at radius 2 is 2.33 bits per heavy atom. The number of hydrogen-bond acceptors (Lipinski definition) is 3. The minimum Gasteiger partial charge on any atom is -0.449 e. The molecule has 0 spiro atoms. The van der Waals surface area contributed by atoms with Crippen LogP contribution in [0.3, 0.4) is 0 Å². The number of piperidine rings is 2. The van der Waals surface area contributed by atoms with Crippen LogP contribution < -0.4 is 5.32 Å². The van der Waals surface area contributed by atoms with E-state index in [9.17, 15) is 4.79 Å². The third kappa shape index (κ3) is 1.57. The molecule has 3 atom stereocenters. The number of ether oxygens (including phenoxy) is 1. The first-order valence-electron chi connectivity index (χ1n) is 4.35. The monoisotopic (exact) mass is 189 g/mol. The first kappa shape index (κ1) is 8.32. The van der Waals surface area contributed by atoms with Gasteiger partial charge in [-0.1, -0.05) is 0 Å². The summed E-state index contributed by atoms with van der Waals surface area (Å²) in [5, 5.41) is 3.34. The number of hydrogen-bond donors (Lipinski definition) is 1. The molecule has 68 valence electrons. The molecule has 0 aromatic carbocycles. The van der Waals surface area contributed by atoms with Gasteiger partial charge in [0.25, 0.3) is 0 Å². The fraction of sp³-hybridized carbons (Fsp3) is 0.875. The molecule has 0 aromatic rings. The maximum absolute atomic E-state index is 10.5. The van der Waals surface area contributed by atoms with Crippen molar-refractivity contribution in [1.82, 2.24) is 5.32 Å². The van der Waals surface area contributed by atoms with Gasteiger partial charge in [-0.2, -0.15) is 0 Å². The van der Waals surface area contributed by atoms with Crippen molar-refractivity contribution in [2.75, 3.05) is 6.54 Å². The van der Waals surface area contributed by atoms with Gasteiger partial charge in [-0.25, -0.2) is 4.79 Å². The third-order valence-corrected chi connectivity index (χ3v) is 2.90. The highest BCUT2D eigenvalue weighted by Crippen LogP contribution is 2.31. The Morgan fingerprint density at radius 3 is 2.75 bits per heavy atom. The Hall–Kier alpha value is -0.280. The first-order chi connectivity index (χ1) is 5.75. The normalized spacial score (nSPS) is 39.6. The van der Waals surface area contributed by atoms with E-state index in [0.29, 0.717) is 12.0 Å². The average Bonchev–Trinajstić information content (AvgIpc) is 2.05. The molecule has 2 heterocycles. The van der Waals surface area contributed by atoms with Gasteiger partial charge in [0.15, 0.2) is 0 Å². The van der Waals surface area contributed by atoms with Crippen LogP contribution in [-0.4, -0.2) is 24.1 Å². The Morgan fingerprint density at radius 1 is 1.50 bits per heavy atom. The van der Waals surface area contributed by atoms with Gasteiger partial charge in [0.2, 0.25) is 0 Å². The van der Waals surface area contributed by atoms with Gasteiger partial charge in [-0.05, 0) is 31.7 Å². The molecule has 0 radical (unpaired) electrons. The van der Waals surface area contributed by atoms with E-state index in [2.05, 4.69) is 5.32 Å². The zero-order valence-corrected chi connectivity index (χ0v) is 7.51. The van der Waals surface area contributed by atoms with Gasteiger partial charge in [-0.3, -0.25) is 0 Å². The molecule has 2 saturated heterocycles. The molecular formula is C8H12ClNO2. The van der Waals surface area contributed by atoms with E-state index >= 15 is 0 Å². The van der Waals surface area contributed by atoms with Crippen molar-refractivity contribution >= 4 is 17.0 Å². The highest BCUT2D eigenvalue weighted by molar-refractivity contribution is 6.61. The Labute approximate surface area is 76.4 Å². The van der Waals surface area contributed by atoms with Gasteiger partial charge in [-0.15, -0.1) is 0 Å². The molecule has 1 saturated carbocycles. The highest BCUT2D eigenvalue weighted by atomic mass is 35.5. The lowest BCUT2D eigenvalue weighted by molar-refractivity contribution is 0.0226. The number of nitrogens with one attached hydrogen (secondary N) is 1. The SMILES string of the molecule is O=C(Cl)O[C@@H]1CC2CCC1NC2. The lowest BCUT2D eigenvalue weighted by Gasteiger charge is -2.41. The maximum atomic E-state index is 10.5. The number of rotatable bonds is 1. The lowest BCUT2D eigenvalue weighted by atomic mass is 9.79. The van der Waals surface area contributed by atoms with Gasteiger partial charge in [0, 0.05) is 17.6 Å². The van der Waals surface area contributed by atoms with E-state index in [1.54, 1.807) is 0 Å². The van der Waals surface area contributed by atoms with Crippen LogP contribution in [0.1, 0.15) is 19.3 Å². The smallest absolute Gasteiger partial charge is 0.404 e. The van der Waals surface area contributed by atoms with E-state index in [1.165, 1.54) is 6.42 Å². The Kier molecular flexibility index (Phi) is 2.24. The zero-order valence-electron chi connectivity index (χ0n) is 6.75. The largest absolute Gasteiger partial charge is 0.449 e. The molecule has 0 aromatic heterocycles. The van der Waals surface area contributed by atoms with Crippen LogP contribution in [0, 0.1) is 5.92 Å². The van der Waals surface area contributed by atoms with Crippen LogP contribution in [0.25, 0.3) is 0 Å². The Balaban J connectivity index is 1.95. The minimum absolute atomic E-state index is 0.0162. The fourth-order valence-electron chi connectivity index (χ4n) is 2.20. The zero-order chi connectivity index (χ0) is 8.55. The van der Waals surface area contributed by atoms with E-state index < -0.39 is 5.43 Å². The van der Waals surface area contributed by atoms with Gasteiger partial charge in [0.05, 0.1) is 0 Å². The van der Waals surface area contributed by atoms with Crippen molar-refractivity contribution in [3.63, 3.8) is 0 Å². The fourth-order valence-corrected chi connectivity index (χ4v) is 2.31. The molecule has 0 amide bonds. The molecule has 3 nitrogen and oxygen atoms in total. The second kappa shape index (κ2) is 3.23. The van der Waals surface area contributed by atoms with Crippen molar-refractivity contribution in [3.05, 3.63) is 0 Å². The number of halogens is 1. The van der Waals surface area contributed by atoms with E-state index in [-0.39, 0.29) is 6.10 Å². The van der Waals surface area contributed by atoms with Crippen LogP contribution in [-0.2, 0) is 4.74 Å². The molecule has 2 aliphatic heterocycles. The molecular weight excluding hydrogens is 178 g/mol. The third-order valence-electron chi connectivity index (χ3n) is 2.81. The summed E-state index contributed by atoms with van der Waals surface area (Å²) in [6.45, 7) is 1.07. The van der Waals surface area contributed by atoms with E-state index in [1.807, 2.05) is 0 Å². The predicted octanol–water partition coefficient (Wildman–Crippen LogP) is 1.50. The summed E-state index contributed by atoms with van der Waals surface area (Å²) in [6.07, 6.45) is 3.37. The van der Waals surface area contributed by atoms with Crippen molar-refractivity contribution < 1.29 is 9.53 Å². The molecule has 2 bridgehead atoms. The van der Waals surface area contributed by atoms with Crippen LogP contribution in [0.5, 0.6) is 0 Å². The van der Waals surface area contributed by atoms with Gasteiger partial charge >= 0.3 is 5.43 Å². The second-order valence-electron chi connectivity index (χ2n) is 3.59. The topological polar surface area (TPSA) is 38.3 Å². The van der Waals surface area contributed by atoms with Crippen molar-refractivity contribution in [2.45, 2.75) is 31.4 Å². The Bertz CT molecular complexity index is 189. The molecule has 3 aliphatic rings. The lowest BCUT2D eigenvalue weighted by Crippen LogP contribution is -2.54. The quantitative estimate of drug-likeness (QED) is 0.636. The number of carbonyl (C=O) groups excluding carboxylic acids is 1. The summed E-state index contributed by atoms with van der Waals surface area (Å²) in [4.78, 5) is 10.5. The van der Waals surface area contributed by atoms with Crippen molar-refractivity contribution in [1.29, 1.82) is 0 Å². The van der Waals surface area contributed by atoms with Crippen LogP contribution >= 0.6 is 11.6 Å². The minimum atomic E-state index is -0.672. The van der Waals surface area contributed by atoms with Gasteiger partial charge in [0.1, 0.15) is 6.10 Å². The van der Waals surface area contributed by atoms with Crippen LogP contribution in [0.15, 0.2) is 0 Å². The number of fused-ring (bicyclic) bond motifs is 3. The standard InChI is InChI=1S/C8H12ClNO2/c9-8(11)12-7-3-5-1-2-6(7)10-4-5/h5-7,10H,1-4H2/t5?,6?,7-/m1/s1. The molecule has 12 heavy (non-hydrogen) atoms. The molecule has 2 unspecified atom stereocenters.